The fourth-order valence-corrected chi connectivity index (χ4v) is 2.86. The molecule has 10 nitrogen and oxygen atoms in total. The van der Waals surface area contributed by atoms with Crippen molar-refractivity contribution in [2.75, 3.05) is 12.3 Å². The highest BCUT2D eigenvalue weighted by atomic mass is 16.6. The standard InChI is InChI=1S/C13H17N5O5/c1-2-7(20)13(10(22)9(21)6(3-19)23-13)18-5-17-8-11(14)15-4-16-12(8)18/h4-6,9-10,19,21-22H,2-3H2,1H3,(H2,14,15,16)/t6-,9-,10-,13-/m1/s1. The lowest BCUT2D eigenvalue weighted by Crippen LogP contribution is -2.51. The van der Waals surface area contributed by atoms with Gasteiger partial charge in [-0.3, -0.25) is 9.36 Å². The van der Waals surface area contributed by atoms with Crippen LogP contribution in [0, 0.1) is 0 Å². The number of hydrogen-bond donors (Lipinski definition) is 4. The first-order valence-electron chi connectivity index (χ1n) is 7.09. The Balaban J connectivity index is 2.24. The number of fused-ring (bicyclic) bond motifs is 1. The molecule has 1 aliphatic rings. The van der Waals surface area contributed by atoms with E-state index in [0.717, 1.165) is 0 Å². The first-order chi connectivity index (χ1) is 11.0. The zero-order valence-corrected chi connectivity index (χ0v) is 12.3. The minimum absolute atomic E-state index is 0.0299. The van der Waals surface area contributed by atoms with Gasteiger partial charge in [0, 0.05) is 6.42 Å². The first kappa shape index (κ1) is 15.7. The van der Waals surface area contributed by atoms with Crippen LogP contribution in [0.2, 0.25) is 0 Å². The monoisotopic (exact) mass is 323 g/mol. The maximum absolute atomic E-state index is 12.6. The highest BCUT2D eigenvalue weighted by Crippen LogP contribution is 2.39. The Labute approximate surface area is 130 Å². The van der Waals surface area contributed by atoms with E-state index in [0.29, 0.717) is 0 Å². The smallest absolute Gasteiger partial charge is 0.236 e. The molecule has 0 spiro atoms. The minimum Gasteiger partial charge on any atom is -0.394 e. The molecule has 0 aromatic carbocycles. The van der Waals surface area contributed by atoms with Crippen molar-refractivity contribution < 1.29 is 24.9 Å². The lowest BCUT2D eigenvalue weighted by molar-refractivity contribution is -0.173. The average molecular weight is 323 g/mol. The fraction of sp³-hybridized carbons (Fsp3) is 0.538. The summed E-state index contributed by atoms with van der Waals surface area (Å²) in [6.45, 7) is 1.04. The molecule has 2 aromatic rings. The number of aliphatic hydroxyl groups excluding tert-OH is 3. The first-order valence-corrected chi connectivity index (χ1v) is 7.09. The second-order valence-electron chi connectivity index (χ2n) is 5.29. The summed E-state index contributed by atoms with van der Waals surface area (Å²) in [6.07, 6.45) is -1.67. The van der Waals surface area contributed by atoms with Gasteiger partial charge in [0.1, 0.15) is 36.5 Å². The van der Waals surface area contributed by atoms with Crippen LogP contribution in [-0.2, 0) is 15.3 Å². The van der Waals surface area contributed by atoms with Gasteiger partial charge in [-0.25, -0.2) is 15.0 Å². The Kier molecular flexibility index (Phi) is 3.76. The van der Waals surface area contributed by atoms with E-state index in [9.17, 15) is 20.1 Å². The third kappa shape index (κ3) is 2.03. The van der Waals surface area contributed by atoms with Crippen molar-refractivity contribution in [2.24, 2.45) is 0 Å². The number of hydrogen-bond acceptors (Lipinski definition) is 9. The van der Waals surface area contributed by atoms with Crippen LogP contribution in [0.4, 0.5) is 5.82 Å². The molecule has 0 amide bonds. The maximum atomic E-state index is 12.6. The minimum atomic E-state index is -1.93. The molecule has 124 valence electrons. The Morgan fingerprint density at radius 1 is 1.43 bits per heavy atom. The number of anilines is 1. The average Bonchev–Trinajstić information content (AvgIpc) is 3.09. The largest absolute Gasteiger partial charge is 0.394 e. The summed E-state index contributed by atoms with van der Waals surface area (Å²) in [5.74, 6) is -0.379. The Morgan fingerprint density at radius 2 is 2.17 bits per heavy atom. The van der Waals surface area contributed by atoms with Crippen molar-refractivity contribution in [3.05, 3.63) is 12.7 Å². The van der Waals surface area contributed by atoms with Crippen LogP contribution in [-0.4, -0.2) is 65.5 Å². The van der Waals surface area contributed by atoms with Gasteiger partial charge in [0.25, 0.3) is 0 Å². The number of rotatable bonds is 4. The molecule has 0 saturated carbocycles. The van der Waals surface area contributed by atoms with Crippen molar-refractivity contribution in [1.29, 1.82) is 0 Å². The normalized spacial score (nSPS) is 30.9. The van der Waals surface area contributed by atoms with Crippen molar-refractivity contribution in [3.8, 4) is 0 Å². The highest BCUT2D eigenvalue weighted by Gasteiger charge is 2.59. The number of ether oxygens (including phenoxy) is 1. The Hall–Kier alpha value is -2.14. The summed E-state index contributed by atoms with van der Waals surface area (Å²) in [5.41, 5.74) is 4.23. The van der Waals surface area contributed by atoms with Crippen molar-refractivity contribution in [3.63, 3.8) is 0 Å². The summed E-state index contributed by atoms with van der Waals surface area (Å²) in [4.78, 5) is 24.5. The number of imidazole rings is 1. The summed E-state index contributed by atoms with van der Waals surface area (Å²) >= 11 is 0. The molecule has 1 saturated heterocycles. The molecule has 1 fully saturated rings. The van der Waals surface area contributed by atoms with E-state index in [1.54, 1.807) is 6.92 Å². The van der Waals surface area contributed by atoms with E-state index < -0.39 is 36.4 Å². The molecule has 1 aliphatic heterocycles. The number of aromatic nitrogens is 4. The zero-order chi connectivity index (χ0) is 16.8. The van der Waals surface area contributed by atoms with Gasteiger partial charge < -0.3 is 25.8 Å². The molecule has 0 bridgehead atoms. The number of carbonyl (C=O) groups is 1. The number of Topliss-reactive ketones (excluding diaryl/α,β-unsaturated/α-hetero) is 1. The van der Waals surface area contributed by atoms with Crippen molar-refractivity contribution in [1.82, 2.24) is 19.5 Å². The maximum Gasteiger partial charge on any atom is 0.236 e. The summed E-state index contributed by atoms with van der Waals surface area (Å²) in [6, 6.07) is 0. The lowest BCUT2D eigenvalue weighted by Gasteiger charge is -2.31. The molecule has 0 radical (unpaired) electrons. The van der Waals surface area contributed by atoms with Gasteiger partial charge in [-0.15, -0.1) is 0 Å². The third-order valence-electron chi connectivity index (χ3n) is 4.06. The van der Waals surface area contributed by atoms with Crippen LogP contribution >= 0.6 is 0 Å². The van der Waals surface area contributed by atoms with Crippen molar-refractivity contribution in [2.45, 2.75) is 37.4 Å². The van der Waals surface area contributed by atoms with Gasteiger partial charge in [0.05, 0.1) is 6.61 Å². The molecule has 10 heteroatoms. The Bertz CT molecular complexity index is 749. The SMILES string of the molecule is CCC(=O)[C@@]1(n2cnc3c(N)ncnc32)O[C@H](CO)[C@@H](O)[C@H]1O. The zero-order valence-electron chi connectivity index (χ0n) is 12.3. The lowest BCUT2D eigenvalue weighted by atomic mass is 9.96. The topological polar surface area (TPSA) is 157 Å². The summed E-state index contributed by atoms with van der Waals surface area (Å²) in [7, 11) is 0. The van der Waals surface area contributed by atoms with Crippen LogP contribution in [0.15, 0.2) is 12.7 Å². The van der Waals surface area contributed by atoms with Crippen LogP contribution in [0.1, 0.15) is 13.3 Å². The number of nitrogen functional groups attached to an aromatic ring is 1. The van der Waals surface area contributed by atoms with Gasteiger partial charge in [0.2, 0.25) is 5.72 Å². The van der Waals surface area contributed by atoms with Gasteiger partial charge >= 0.3 is 0 Å². The molecule has 23 heavy (non-hydrogen) atoms. The predicted octanol–water partition coefficient (Wildman–Crippen LogP) is -1.85. The van der Waals surface area contributed by atoms with Crippen LogP contribution in [0.25, 0.3) is 11.2 Å². The number of nitrogens with two attached hydrogens (primary N) is 1. The van der Waals surface area contributed by atoms with E-state index in [1.165, 1.54) is 17.2 Å². The Morgan fingerprint density at radius 3 is 2.78 bits per heavy atom. The molecule has 2 aromatic heterocycles. The van der Waals surface area contributed by atoms with Crippen LogP contribution in [0.3, 0.4) is 0 Å². The number of ketones is 1. The van der Waals surface area contributed by atoms with E-state index in [1.807, 2.05) is 0 Å². The molecule has 0 aliphatic carbocycles. The second kappa shape index (κ2) is 5.49. The van der Waals surface area contributed by atoms with Gasteiger partial charge in [-0.2, -0.15) is 0 Å². The molecule has 3 rings (SSSR count). The second-order valence-corrected chi connectivity index (χ2v) is 5.29. The number of aliphatic hydroxyl groups is 3. The molecule has 0 unspecified atom stereocenters. The van der Waals surface area contributed by atoms with Gasteiger partial charge in [0.15, 0.2) is 17.2 Å². The number of carbonyl (C=O) groups excluding carboxylic acids is 1. The quantitative estimate of drug-likeness (QED) is 0.507. The van der Waals surface area contributed by atoms with Crippen molar-refractivity contribution >= 4 is 22.8 Å². The highest BCUT2D eigenvalue weighted by molar-refractivity contribution is 5.89. The third-order valence-corrected chi connectivity index (χ3v) is 4.06. The fourth-order valence-electron chi connectivity index (χ4n) is 2.86. The molecular formula is C13H17N5O5. The van der Waals surface area contributed by atoms with Crippen LogP contribution < -0.4 is 5.73 Å². The van der Waals surface area contributed by atoms with E-state index in [-0.39, 0.29) is 23.4 Å². The van der Waals surface area contributed by atoms with Gasteiger partial charge in [-0.05, 0) is 0 Å². The number of nitrogens with zero attached hydrogens (tertiary/aromatic N) is 4. The van der Waals surface area contributed by atoms with E-state index in [4.69, 9.17) is 10.5 Å². The predicted molar refractivity (Wildman–Crippen MR) is 77.0 cm³/mol. The molecule has 5 N–H and O–H groups in total. The van der Waals surface area contributed by atoms with E-state index in [2.05, 4.69) is 15.0 Å². The van der Waals surface area contributed by atoms with Crippen LogP contribution in [0.5, 0.6) is 0 Å². The molecular weight excluding hydrogens is 306 g/mol. The van der Waals surface area contributed by atoms with Gasteiger partial charge in [-0.1, -0.05) is 6.92 Å². The molecule has 3 heterocycles. The summed E-state index contributed by atoms with van der Waals surface area (Å²) < 4.78 is 6.82. The van der Waals surface area contributed by atoms with E-state index >= 15 is 0 Å². The summed E-state index contributed by atoms with van der Waals surface area (Å²) in [5, 5.41) is 29.9. The molecule has 4 atom stereocenters.